The van der Waals surface area contributed by atoms with Crippen LogP contribution in [0.25, 0.3) is 0 Å². The number of rotatable bonds is 2. The summed E-state index contributed by atoms with van der Waals surface area (Å²) >= 11 is 0. The molecule has 0 atom stereocenters. The van der Waals surface area contributed by atoms with E-state index >= 15 is 0 Å². The summed E-state index contributed by atoms with van der Waals surface area (Å²) in [6.07, 6.45) is 1.90. The molecule has 1 aliphatic heterocycles. The number of carbonyl (C=O) groups excluding carboxylic acids is 1. The van der Waals surface area contributed by atoms with Gasteiger partial charge in [-0.3, -0.25) is 4.79 Å². The van der Waals surface area contributed by atoms with Crippen LogP contribution in [-0.2, 0) is 12.8 Å². The second kappa shape index (κ2) is 5.68. The van der Waals surface area contributed by atoms with Crippen LogP contribution in [0.5, 0.6) is 0 Å². The van der Waals surface area contributed by atoms with E-state index in [-0.39, 0.29) is 11.6 Å². The number of Topliss-reactive ketones (excluding diaryl/α,β-unsaturated/α-hetero) is 1. The van der Waals surface area contributed by atoms with E-state index in [1.165, 1.54) is 30.2 Å². The van der Waals surface area contributed by atoms with Gasteiger partial charge < -0.3 is 4.90 Å². The standard InChI is InChI=1S/C18H18FNO/c1-13(21)17-12-16(19)6-7-18(17)20-10-8-14-4-2-3-5-15(14)9-11-20/h2-7,12H,8-11H2,1H3. The Labute approximate surface area is 124 Å². The van der Waals surface area contributed by atoms with Crippen LogP contribution in [0.3, 0.4) is 0 Å². The quantitative estimate of drug-likeness (QED) is 0.784. The molecule has 0 saturated carbocycles. The number of fused-ring (bicyclic) bond motifs is 1. The third-order valence-corrected chi connectivity index (χ3v) is 4.10. The Hall–Kier alpha value is -2.16. The van der Waals surface area contributed by atoms with Gasteiger partial charge in [0.2, 0.25) is 0 Å². The van der Waals surface area contributed by atoms with Crippen molar-refractivity contribution < 1.29 is 9.18 Å². The highest BCUT2D eigenvalue weighted by Gasteiger charge is 2.18. The Kier molecular flexibility index (Phi) is 3.74. The van der Waals surface area contributed by atoms with E-state index in [9.17, 15) is 9.18 Å². The molecule has 1 heterocycles. The molecule has 0 unspecified atom stereocenters. The fraction of sp³-hybridized carbons (Fsp3) is 0.278. The number of hydrogen-bond donors (Lipinski definition) is 0. The topological polar surface area (TPSA) is 20.3 Å². The molecule has 0 aliphatic carbocycles. The smallest absolute Gasteiger partial charge is 0.161 e. The number of nitrogens with zero attached hydrogens (tertiary/aromatic N) is 1. The summed E-state index contributed by atoms with van der Waals surface area (Å²) in [7, 11) is 0. The highest BCUT2D eigenvalue weighted by molar-refractivity contribution is 5.99. The summed E-state index contributed by atoms with van der Waals surface area (Å²) in [5, 5.41) is 0. The van der Waals surface area contributed by atoms with Gasteiger partial charge in [0.25, 0.3) is 0 Å². The van der Waals surface area contributed by atoms with Crippen molar-refractivity contribution in [1.29, 1.82) is 0 Å². The molecule has 21 heavy (non-hydrogen) atoms. The van der Waals surface area contributed by atoms with Gasteiger partial charge in [-0.2, -0.15) is 0 Å². The van der Waals surface area contributed by atoms with Crippen molar-refractivity contribution in [3.8, 4) is 0 Å². The molecule has 3 heteroatoms. The van der Waals surface area contributed by atoms with Gasteiger partial charge in [-0.05, 0) is 49.1 Å². The summed E-state index contributed by atoms with van der Waals surface area (Å²) in [6, 6.07) is 12.9. The van der Waals surface area contributed by atoms with Crippen molar-refractivity contribution in [3.63, 3.8) is 0 Å². The minimum Gasteiger partial charge on any atom is -0.370 e. The van der Waals surface area contributed by atoms with E-state index in [1.54, 1.807) is 6.07 Å². The van der Waals surface area contributed by atoms with Gasteiger partial charge in [0.1, 0.15) is 5.82 Å². The Morgan fingerprint density at radius 1 is 1.05 bits per heavy atom. The zero-order valence-corrected chi connectivity index (χ0v) is 12.1. The van der Waals surface area contributed by atoms with Crippen LogP contribution < -0.4 is 4.90 Å². The van der Waals surface area contributed by atoms with Crippen LogP contribution in [0, 0.1) is 5.82 Å². The van der Waals surface area contributed by atoms with E-state index in [0.717, 1.165) is 31.6 Å². The monoisotopic (exact) mass is 283 g/mol. The summed E-state index contributed by atoms with van der Waals surface area (Å²) in [5.74, 6) is -0.451. The molecule has 2 aromatic rings. The lowest BCUT2D eigenvalue weighted by Crippen LogP contribution is -2.27. The van der Waals surface area contributed by atoms with Crippen molar-refractivity contribution in [2.45, 2.75) is 19.8 Å². The van der Waals surface area contributed by atoms with Crippen molar-refractivity contribution in [1.82, 2.24) is 0 Å². The second-order valence-corrected chi connectivity index (χ2v) is 5.47. The third-order valence-electron chi connectivity index (χ3n) is 4.10. The Balaban J connectivity index is 1.91. The molecule has 0 N–H and O–H groups in total. The van der Waals surface area contributed by atoms with Gasteiger partial charge in [-0.15, -0.1) is 0 Å². The van der Waals surface area contributed by atoms with Gasteiger partial charge in [0.15, 0.2) is 5.78 Å². The van der Waals surface area contributed by atoms with Gasteiger partial charge in [-0.25, -0.2) is 4.39 Å². The molecule has 0 fully saturated rings. The van der Waals surface area contributed by atoms with Crippen LogP contribution in [0.2, 0.25) is 0 Å². The second-order valence-electron chi connectivity index (χ2n) is 5.47. The van der Waals surface area contributed by atoms with Gasteiger partial charge in [0.05, 0.1) is 0 Å². The van der Waals surface area contributed by atoms with Crippen LogP contribution in [-0.4, -0.2) is 18.9 Å². The molecule has 3 rings (SSSR count). The molecule has 0 aromatic heterocycles. The molecule has 0 bridgehead atoms. The molecule has 2 aromatic carbocycles. The Bertz CT molecular complexity index is 654. The maximum atomic E-state index is 13.4. The molecule has 0 saturated heterocycles. The van der Waals surface area contributed by atoms with E-state index in [4.69, 9.17) is 0 Å². The van der Waals surface area contributed by atoms with Crippen LogP contribution in [0.4, 0.5) is 10.1 Å². The highest BCUT2D eigenvalue weighted by Crippen LogP contribution is 2.25. The lowest BCUT2D eigenvalue weighted by atomic mass is 10.0. The predicted octanol–water partition coefficient (Wildman–Crippen LogP) is 3.63. The molecule has 108 valence electrons. The molecular weight excluding hydrogens is 265 g/mol. The van der Waals surface area contributed by atoms with E-state index in [0.29, 0.717) is 5.56 Å². The minimum absolute atomic E-state index is 0.0914. The highest BCUT2D eigenvalue weighted by atomic mass is 19.1. The normalized spacial score (nSPS) is 14.5. The van der Waals surface area contributed by atoms with Crippen LogP contribution in [0.1, 0.15) is 28.4 Å². The first kappa shape index (κ1) is 13.8. The predicted molar refractivity (Wildman–Crippen MR) is 82.5 cm³/mol. The number of benzene rings is 2. The largest absolute Gasteiger partial charge is 0.370 e. The average Bonchev–Trinajstić information content (AvgIpc) is 2.70. The molecular formula is C18H18FNO. The van der Waals surface area contributed by atoms with Crippen molar-refractivity contribution >= 4 is 11.5 Å². The molecule has 0 radical (unpaired) electrons. The molecule has 0 spiro atoms. The number of halogens is 1. The zero-order chi connectivity index (χ0) is 14.8. The van der Waals surface area contributed by atoms with Crippen LogP contribution in [0.15, 0.2) is 42.5 Å². The van der Waals surface area contributed by atoms with Crippen LogP contribution >= 0.6 is 0 Å². The number of anilines is 1. The van der Waals surface area contributed by atoms with Gasteiger partial charge >= 0.3 is 0 Å². The van der Waals surface area contributed by atoms with Crippen molar-refractivity contribution in [3.05, 3.63) is 65.0 Å². The van der Waals surface area contributed by atoms with Gasteiger partial charge in [-0.1, -0.05) is 24.3 Å². The maximum Gasteiger partial charge on any atom is 0.161 e. The number of ketones is 1. The lowest BCUT2D eigenvalue weighted by Gasteiger charge is -2.24. The summed E-state index contributed by atoms with van der Waals surface area (Å²) in [4.78, 5) is 14.0. The van der Waals surface area contributed by atoms with Crippen molar-refractivity contribution in [2.24, 2.45) is 0 Å². The van der Waals surface area contributed by atoms with Gasteiger partial charge in [0, 0.05) is 24.3 Å². The fourth-order valence-corrected chi connectivity index (χ4v) is 2.97. The Morgan fingerprint density at radius 3 is 2.24 bits per heavy atom. The van der Waals surface area contributed by atoms with Crippen molar-refractivity contribution in [2.75, 3.05) is 18.0 Å². The zero-order valence-electron chi connectivity index (χ0n) is 12.1. The summed E-state index contributed by atoms with van der Waals surface area (Å²) < 4.78 is 13.4. The Morgan fingerprint density at radius 2 is 1.67 bits per heavy atom. The summed E-state index contributed by atoms with van der Waals surface area (Å²) in [5.41, 5.74) is 4.05. The summed E-state index contributed by atoms with van der Waals surface area (Å²) in [6.45, 7) is 3.19. The maximum absolute atomic E-state index is 13.4. The fourth-order valence-electron chi connectivity index (χ4n) is 2.97. The molecule has 2 nitrogen and oxygen atoms in total. The number of hydrogen-bond acceptors (Lipinski definition) is 2. The molecule has 0 amide bonds. The third kappa shape index (κ3) is 2.82. The first-order chi connectivity index (χ1) is 10.1. The first-order valence-corrected chi connectivity index (χ1v) is 7.27. The van der Waals surface area contributed by atoms with E-state index in [1.807, 2.05) is 0 Å². The molecule has 1 aliphatic rings. The minimum atomic E-state index is -0.359. The first-order valence-electron chi connectivity index (χ1n) is 7.27. The lowest BCUT2D eigenvalue weighted by molar-refractivity contribution is 0.101. The SMILES string of the molecule is CC(=O)c1cc(F)ccc1N1CCc2ccccc2CC1. The van der Waals surface area contributed by atoms with E-state index < -0.39 is 0 Å². The van der Waals surface area contributed by atoms with E-state index in [2.05, 4.69) is 29.2 Å². The average molecular weight is 283 g/mol. The number of carbonyl (C=O) groups is 1.